The van der Waals surface area contributed by atoms with Crippen LogP contribution in [-0.2, 0) is 13.6 Å². The van der Waals surface area contributed by atoms with Gasteiger partial charge in [0, 0.05) is 30.1 Å². The second-order valence-corrected chi connectivity index (χ2v) is 7.98. The van der Waals surface area contributed by atoms with Crippen LogP contribution in [-0.4, -0.2) is 32.9 Å². The molecule has 1 amide bonds. The summed E-state index contributed by atoms with van der Waals surface area (Å²) >= 11 is 0. The number of hydrogen-bond acceptors (Lipinski definition) is 6. The number of para-hydroxylation sites is 1. The van der Waals surface area contributed by atoms with E-state index in [-0.39, 0.29) is 5.91 Å². The van der Waals surface area contributed by atoms with Gasteiger partial charge < -0.3 is 14.2 Å². The van der Waals surface area contributed by atoms with E-state index in [1.165, 1.54) is 0 Å². The van der Waals surface area contributed by atoms with Gasteiger partial charge in [-0.3, -0.25) is 9.48 Å². The minimum atomic E-state index is -0.177. The number of methoxy groups -OCH3 is 1. The number of hydrogen-bond donors (Lipinski definition) is 0. The summed E-state index contributed by atoms with van der Waals surface area (Å²) in [5.41, 5.74) is 4.56. The molecule has 34 heavy (non-hydrogen) atoms. The molecule has 8 heteroatoms. The van der Waals surface area contributed by atoms with Gasteiger partial charge in [-0.05, 0) is 49.4 Å². The molecule has 0 N–H and O–H groups in total. The van der Waals surface area contributed by atoms with E-state index < -0.39 is 0 Å². The van der Waals surface area contributed by atoms with Gasteiger partial charge in [0.25, 0.3) is 11.6 Å². The molecule has 0 unspecified atom stereocenters. The fourth-order valence-electron chi connectivity index (χ4n) is 3.94. The number of carbonyl (C=O) groups is 1. The zero-order chi connectivity index (χ0) is 23.7. The number of pyridine rings is 1. The summed E-state index contributed by atoms with van der Waals surface area (Å²) in [6.07, 6.45) is 3.66. The quantitative estimate of drug-likeness (QED) is 0.368. The van der Waals surface area contributed by atoms with Gasteiger partial charge in [-0.25, -0.2) is 4.98 Å². The summed E-state index contributed by atoms with van der Waals surface area (Å²) in [7, 11) is 3.47. The Hall–Kier alpha value is -4.46. The van der Waals surface area contributed by atoms with Crippen LogP contribution in [0.5, 0.6) is 5.75 Å². The minimum Gasteiger partial charge on any atom is -0.497 e. The molecule has 0 saturated heterocycles. The fourth-order valence-corrected chi connectivity index (χ4v) is 3.94. The van der Waals surface area contributed by atoms with Crippen molar-refractivity contribution in [2.45, 2.75) is 13.5 Å². The van der Waals surface area contributed by atoms with Crippen LogP contribution >= 0.6 is 0 Å². The monoisotopic (exact) mass is 453 g/mol. The first kappa shape index (κ1) is 21.4. The fraction of sp³-hybridized carbons (Fsp3) is 0.154. The van der Waals surface area contributed by atoms with Gasteiger partial charge in [-0.2, -0.15) is 5.10 Å². The van der Waals surface area contributed by atoms with Gasteiger partial charge in [-0.1, -0.05) is 23.4 Å². The van der Waals surface area contributed by atoms with E-state index in [0.717, 1.165) is 22.6 Å². The normalized spacial score (nSPS) is 11.0. The number of carbonyl (C=O) groups excluding carboxylic acids is 1. The molecule has 0 fully saturated rings. The molecule has 0 atom stereocenters. The topological polar surface area (TPSA) is 86.3 Å². The number of aromatic nitrogens is 4. The molecule has 5 rings (SSSR count). The molecule has 2 aromatic carbocycles. The molecule has 3 heterocycles. The lowest BCUT2D eigenvalue weighted by atomic mass is 10.0. The second-order valence-electron chi connectivity index (χ2n) is 7.98. The Morgan fingerprint density at radius 3 is 2.56 bits per heavy atom. The number of ether oxygens (including phenoxy) is 1. The van der Waals surface area contributed by atoms with Crippen LogP contribution in [0.15, 0.2) is 77.6 Å². The van der Waals surface area contributed by atoms with E-state index in [2.05, 4.69) is 15.2 Å². The molecule has 0 aliphatic carbocycles. The first-order chi connectivity index (χ1) is 16.5. The van der Waals surface area contributed by atoms with Crippen molar-refractivity contribution in [1.82, 2.24) is 19.9 Å². The third-order valence-corrected chi connectivity index (χ3v) is 5.65. The Morgan fingerprint density at radius 2 is 1.88 bits per heavy atom. The van der Waals surface area contributed by atoms with Crippen LogP contribution < -0.4 is 9.64 Å². The highest BCUT2D eigenvalue weighted by Gasteiger charge is 2.25. The first-order valence-corrected chi connectivity index (χ1v) is 10.8. The number of amides is 1. The van der Waals surface area contributed by atoms with Crippen molar-refractivity contribution in [3.8, 4) is 17.0 Å². The lowest BCUT2D eigenvalue weighted by Crippen LogP contribution is -2.30. The zero-order valence-electron chi connectivity index (χ0n) is 19.1. The highest BCUT2D eigenvalue weighted by Crippen LogP contribution is 2.30. The van der Waals surface area contributed by atoms with Gasteiger partial charge in [0.2, 0.25) is 0 Å². The first-order valence-electron chi connectivity index (χ1n) is 10.8. The van der Waals surface area contributed by atoms with E-state index in [0.29, 0.717) is 34.6 Å². The van der Waals surface area contributed by atoms with Crippen molar-refractivity contribution in [1.29, 1.82) is 0 Å². The number of fused-ring (bicyclic) bond motifs is 1. The van der Waals surface area contributed by atoms with Crippen LogP contribution in [0.2, 0.25) is 0 Å². The number of aryl methyl sites for hydroxylation is 2. The van der Waals surface area contributed by atoms with Crippen molar-refractivity contribution >= 4 is 22.7 Å². The standard InChI is InChI=1S/C26H23N5O3/c1-17-24-22(13-23(28-25(24)34-29-17)19-9-11-21(33-3)12-10-19)26(32)31(20-7-5-4-6-8-20)16-18-14-27-30(2)15-18/h4-15H,16H2,1-3H3. The van der Waals surface area contributed by atoms with Gasteiger partial charge in [-0.15, -0.1) is 0 Å². The van der Waals surface area contributed by atoms with Crippen molar-refractivity contribution in [2.24, 2.45) is 7.05 Å². The van der Waals surface area contributed by atoms with E-state index >= 15 is 0 Å². The van der Waals surface area contributed by atoms with Gasteiger partial charge in [0.1, 0.15) is 5.75 Å². The second kappa shape index (κ2) is 8.82. The van der Waals surface area contributed by atoms with Crippen LogP contribution in [0.4, 0.5) is 5.69 Å². The largest absolute Gasteiger partial charge is 0.497 e. The molecule has 0 aliphatic rings. The summed E-state index contributed by atoms with van der Waals surface area (Å²) in [4.78, 5) is 20.4. The Balaban J connectivity index is 1.64. The lowest BCUT2D eigenvalue weighted by molar-refractivity contribution is 0.0986. The maximum absolute atomic E-state index is 14.1. The Labute approximate surface area is 196 Å². The molecule has 0 bridgehead atoms. The van der Waals surface area contributed by atoms with Gasteiger partial charge in [0.05, 0.1) is 42.2 Å². The van der Waals surface area contributed by atoms with Crippen molar-refractivity contribution in [3.05, 3.63) is 89.9 Å². The molecular formula is C26H23N5O3. The SMILES string of the molecule is COc1ccc(-c2cc(C(=O)N(Cc3cnn(C)c3)c3ccccc3)c3c(C)noc3n2)cc1. The van der Waals surface area contributed by atoms with E-state index in [1.807, 2.05) is 74.8 Å². The van der Waals surface area contributed by atoms with Crippen molar-refractivity contribution in [2.75, 3.05) is 12.0 Å². The number of nitrogens with zero attached hydrogens (tertiary/aromatic N) is 5. The molecular weight excluding hydrogens is 430 g/mol. The predicted octanol–water partition coefficient (Wildman–Crippen LogP) is 4.79. The van der Waals surface area contributed by atoms with Crippen LogP contribution in [0.1, 0.15) is 21.6 Å². The molecule has 0 radical (unpaired) electrons. The highest BCUT2D eigenvalue weighted by atomic mass is 16.5. The van der Waals surface area contributed by atoms with E-state index in [1.54, 1.807) is 29.0 Å². The van der Waals surface area contributed by atoms with Crippen LogP contribution in [0.3, 0.4) is 0 Å². The number of rotatable bonds is 6. The molecule has 0 saturated carbocycles. The third-order valence-electron chi connectivity index (χ3n) is 5.65. The van der Waals surface area contributed by atoms with Crippen molar-refractivity contribution in [3.63, 3.8) is 0 Å². The zero-order valence-corrected chi connectivity index (χ0v) is 19.1. The predicted molar refractivity (Wildman–Crippen MR) is 129 cm³/mol. The summed E-state index contributed by atoms with van der Waals surface area (Å²) in [6.45, 7) is 2.17. The number of benzene rings is 2. The Morgan fingerprint density at radius 1 is 1.12 bits per heavy atom. The Bertz CT molecular complexity index is 1460. The van der Waals surface area contributed by atoms with Gasteiger partial charge >= 0.3 is 0 Å². The summed E-state index contributed by atoms with van der Waals surface area (Å²) in [6, 6.07) is 18.9. The maximum atomic E-state index is 14.1. The molecule has 0 aliphatic heterocycles. The molecule has 3 aromatic heterocycles. The smallest absolute Gasteiger partial charge is 0.259 e. The van der Waals surface area contributed by atoms with Crippen LogP contribution in [0.25, 0.3) is 22.4 Å². The molecule has 0 spiro atoms. The van der Waals surface area contributed by atoms with Crippen LogP contribution in [0, 0.1) is 6.92 Å². The summed E-state index contributed by atoms with van der Waals surface area (Å²) in [5, 5.41) is 8.94. The molecule has 5 aromatic rings. The summed E-state index contributed by atoms with van der Waals surface area (Å²) in [5.74, 6) is 0.562. The van der Waals surface area contributed by atoms with E-state index in [9.17, 15) is 4.79 Å². The third kappa shape index (κ3) is 4.01. The van der Waals surface area contributed by atoms with Crippen molar-refractivity contribution < 1.29 is 14.1 Å². The molecule has 170 valence electrons. The maximum Gasteiger partial charge on any atom is 0.259 e. The highest BCUT2D eigenvalue weighted by molar-refractivity contribution is 6.14. The number of anilines is 1. The van der Waals surface area contributed by atoms with E-state index in [4.69, 9.17) is 9.26 Å². The minimum absolute atomic E-state index is 0.177. The average molecular weight is 454 g/mol. The van der Waals surface area contributed by atoms with Gasteiger partial charge in [0.15, 0.2) is 0 Å². The lowest BCUT2D eigenvalue weighted by Gasteiger charge is -2.23. The Kier molecular flexibility index (Phi) is 5.55. The average Bonchev–Trinajstić information content (AvgIpc) is 3.47. The molecule has 8 nitrogen and oxygen atoms in total. The summed E-state index contributed by atoms with van der Waals surface area (Å²) < 4.78 is 12.5.